The van der Waals surface area contributed by atoms with Gasteiger partial charge < -0.3 is 5.32 Å². The number of benzene rings is 2. The molecule has 1 aliphatic rings. The van der Waals surface area contributed by atoms with Crippen LogP contribution in [0.2, 0.25) is 0 Å². The van der Waals surface area contributed by atoms with Gasteiger partial charge in [-0.15, -0.1) is 11.8 Å². The van der Waals surface area contributed by atoms with Crippen LogP contribution >= 0.6 is 11.8 Å². The maximum absolute atomic E-state index is 12.3. The summed E-state index contributed by atoms with van der Waals surface area (Å²) in [5.41, 5.74) is 3.98. The van der Waals surface area contributed by atoms with Crippen LogP contribution in [0.25, 0.3) is 6.08 Å². The first-order valence-corrected chi connectivity index (χ1v) is 7.51. The second kappa shape index (κ2) is 5.55. The lowest BCUT2D eigenvalue weighted by atomic mass is 10.1. The van der Waals surface area contributed by atoms with E-state index in [4.69, 9.17) is 0 Å². The maximum Gasteiger partial charge on any atom is 0.252 e. The first-order chi connectivity index (χ1) is 9.72. The van der Waals surface area contributed by atoms with Gasteiger partial charge in [0, 0.05) is 16.2 Å². The number of carbonyl (C=O) groups excluding carboxylic acids is 1. The molecule has 1 amide bonds. The van der Waals surface area contributed by atoms with E-state index in [-0.39, 0.29) is 5.91 Å². The smallest absolute Gasteiger partial charge is 0.252 e. The molecule has 2 aromatic carbocycles. The van der Waals surface area contributed by atoms with Gasteiger partial charge in [-0.2, -0.15) is 0 Å². The number of fused-ring (bicyclic) bond motifs is 1. The SMILES string of the molecule is Cc1ccc(/C=C2\CSc3ccccc3NC2=O)cc1. The van der Waals surface area contributed by atoms with Gasteiger partial charge in [0.05, 0.1) is 5.69 Å². The third-order valence-corrected chi connectivity index (χ3v) is 4.35. The molecule has 0 atom stereocenters. The standard InChI is InChI=1S/C17H15NOS/c1-12-6-8-13(9-7-12)10-14-11-20-16-5-3-2-4-15(16)18-17(14)19/h2-10H,11H2,1H3,(H,18,19)/b14-10+. The van der Waals surface area contributed by atoms with Crippen molar-refractivity contribution in [3.63, 3.8) is 0 Å². The Morgan fingerprint density at radius 2 is 1.85 bits per heavy atom. The van der Waals surface area contributed by atoms with Gasteiger partial charge in [-0.05, 0) is 30.7 Å². The topological polar surface area (TPSA) is 29.1 Å². The maximum atomic E-state index is 12.3. The summed E-state index contributed by atoms with van der Waals surface area (Å²) in [7, 11) is 0. The molecule has 0 fully saturated rings. The quantitative estimate of drug-likeness (QED) is 0.797. The van der Waals surface area contributed by atoms with Gasteiger partial charge in [0.15, 0.2) is 0 Å². The molecule has 0 radical (unpaired) electrons. The summed E-state index contributed by atoms with van der Waals surface area (Å²) in [4.78, 5) is 13.4. The third kappa shape index (κ3) is 2.78. The Morgan fingerprint density at radius 1 is 1.10 bits per heavy atom. The lowest BCUT2D eigenvalue weighted by Crippen LogP contribution is -2.13. The van der Waals surface area contributed by atoms with E-state index in [1.165, 1.54) is 5.56 Å². The molecule has 1 N–H and O–H groups in total. The second-order valence-corrected chi connectivity index (χ2v) is 5.84. The highest BCUT2D eigenvalue weighted by atomic mass is 32.2. The predicted molar refractivity (Wildman–Crippen MR) is 85.0 cm³/mol. The van der Waals surface area contributed by atoms with Crippen LogP contribution in [0, 0.1) is 6.92 Å². The molecule has 0 saturated carbocycles. The number of amides is 1. The number of thioether (sulfide) groups is 1. The molecule has 100 valence electrons. The summed E-state index contributed by atoms with van der Waals surface area (Å²) < 4.78 is 0. The second-order valence-electron chi connectivity index (χ2n) is 4.82. The summed E-state index contributed by atoms with van der Waals surface area (Å²) in [5.74, 6) is 0.680. The van der Waals surface area contributed by atoms with Crippen molar-refractivity contribution in [3.8, 4) is 0 Å². The van der Waals surface area contributed by atoms with Crippen LogP contribution in [0.1, 0.15) is 11.1 Å². The molecule has 0 unspecified atom stereocenters. The lowest BCUT2D eigenvalue weighted by molar-refractivity contribution is -0.112. The summed E-state index contributed by atoms with van der Waals surface area (Å²) in [5, 5.41) is 2.98. The van der Waals surface area contributed by atoms with Crippen molar-refractivity contribution in [2.75, 3.05) is 11.1 Å². The van der Waals surface area contributed by atoms with Gasteiger partial charge in [0.2, 0.25) is 0 Å². The minimum absolute atomic E-state index is 0.0111. The first kappa shape index (κ1) is 13.0. The van der Waals surface area contributed by atoms with Gasteiger partial charge in [0.1, 0.15) is 0 Å². The van der Waals surface area contributed by atoms with Crippen LogP contribution in [0.4, 0.5) is 5.69 Å². The minimum Gasteiger partial charge on any atom is -0.321 e. The Hall–Kier alpha value is -2.00. The molecule has 1 heterocycles. The number of nitrogens with one attached hydrogen (secondary N) is 1. The molecule has 20 heavy (non-hydrogen) atoms. The van der Waals surface area contributed by atoms with E-state index >= 15 is 0 Å². The van der Waals surface area contributed by atoms with Crippen LogP contribution in [-0.4, -0.2) is 11.7 Å². The number of hydrogen-bond donors (Lipinski definition) is 1. The summed E-state index contributed by atoms with van der Waals surface area (Å²) in [6.45, 7) is 2.06. The van der Waals surface area contributed by atoms with Gasteiger partial charge in [-0.3, -0.25) is 4.79 Å². The third-order valence-electron chi connectivity index (χ3n) is 3.23. The highest BCUT2D eigenvalue weighted by Crippen LogP contribution is 2.32. The van der Waals surface area contributed by atoms with E-state index in [0.717, 1.165) is 21.7 Å². The van der Waals surface area contributed by atoms with Crippen molar-refractivity contribution >= 4 is 29.4 Å². The largest absolute Gasteiger partial charge is 0.321 e. The van der Waals surface area contributed by atoms with E-state index < -0.39 is 0 Å². The monoisotopic (exact) mass is 281 g/mol. The molecule has 0 aromatic heterocycles. The van der Waals surface area contributed by atoms with E-state index in [1.807, 2.05) is 42.5 Å². The van der Waals surface area contributed by atoms with Crippen molar-refractivity contribution in [1.82, 2.24) is 0 Å². The molecule has 0 aliphatic carbocycles. The number of carbonyl (C=O) groups is 1. The van der Waals surface area contributed by atoms with Gasteiger partial charge in [-0.25, -0.2) is 0 Å². The molecular formula is C17H15NOS. The highest BCUT2D eigenvalue weighted by molar-refractivity contribution is 7.99. The zero-order valence-corrected chi connectivity index (χ0v) is 12.0. The van der Waals surface area contributed by atoms with E-state index in [0.29, 0.717) is 5.75 Å². The fraction of sp³-hybridized carbons (Fsp3) is 0.118. The Labute approximate surface area is 122 Å². The van der Waals surface area contributed by atoms with E-state index in [1.54, 1.807) is 11.8 Å². The Balaban J connectivity index is 1.89. The van der Waals surface area contributed by atoms with Crippen molar-refractivity contribution in [2.24, 2.45) is 0 Å². The molecule has 3 heteroatoms. The predicted octanol–water partition coefficient (Wildman–Crippen LogP) is 4.12. The van der Waals surface area contributed by atoms with Crippen LogP contribution in [0.15, 0.2) is 59.0 Å². The highest BCUT2D eigenvalue weighted by Gasteiger charge is 2.17. The number of aryl methyl sites for hydroxylation is 1. The zero-order chi connectivity index (χ0) is 13.9. The van der Waals surface area contributed by atoms with Crippen molar-refractivity contribution in [2.45, 2.75) is 11.8 Å². The van der Waals surface area contributed by atoms with Crippen LogP contribution in [0.3, 0.4) is 0 Å². The first-order valence-electron chi connectivity index (χ1n) is 6.53. The van der Waals surface area contributed by atoms with E-state index in [9.17, 15) is 4.79 Å². The molecule has 0 saturated heterocycles. The molecule has 2 nitrogen and oxygen atoms in total. The zero-order valence-electron chi connectivity index (χ0n) is 11.2. The van der Waals surface area contributed by atoms with Crippen molar-refractivity contribution in [3.05, 3.63) is 65.2 Å². The average molecular weight is 281 g/mol. The van der Waals surface area contributed by atoms with Gasteiger partial charge >= 0.3 is 0 Å². The summed E-state index contributed by atoms with van der Waals surface area (Å²) >= 11 is 1.69. The molecular weight excluding hydrogens is 266 g/mol. The van der Waals surface area contributed by atoms with Gasteiger partial charge in [-0.1, -0.05) is 42.0 Å². The van der Waals surface area contributed by atoms with Crippen molar-refractivity contribution in [1.29, 1.82) is 0 Å². The fourth-order valence-electron chi connectivity index (χ4n) is 2.09. The molecule has 1 aliphatic heterocycles. The molecule has 2 aromatic rings. The fourth-order valence-corrected chi connectivity index (χ4v) is 3.07. The molecule has 3 rings (SSSR count). The summed E-state index contributed by atoms with van der Waals surface area (Å²) in [6.07, 6.45) is 1.97. The van der Waals surface area contributed by atoms with Crippen LogP contribution < -0.4 is 5.32 Å². The Morgan fingerprint density at radius 3 is 2.65 bits per heavy atom. The van der Waals surface area contributed by atoms with Gasteiger partial charge in [0.25, 0.3) is 5.91 Å². The summed E-state index contributed by atoms with van der Waals surface area (Å²) in [6, 6.07) is 16.1. The van der Waals surface area contributed by atoms with Crippen molar-refractivity contribution < 1.29 is 4.79 Å². The number of hydrogen-bond acceptors (Lipinski definition) is 2. The van der Waals surface area contributed by atoms with Crippen LogP contribution in [0.5, 0.6) is 0 Å². The Bertz CT molecular complexity index is 674. The number of para-hydroxylation sites is 1. The molecule has 0 bridgehead atoms. The Kier molecular flexibility index (Phi) is 3.61. The van der Waals surface area contributed by atoms with Crippen LogP contribution in [-0.2, 0) is 4.79 Å². The number of rotatable bonds is 1. The number of anilines is 1. The molecule has 0 spiro atoms. The average Bonchev–Trinajstić information content (AvgIpc) is 2.61. The lowest BCUT2D eigenvalue weighted by Gasteiger charge is -2.04. The van der Waals surface area contributed by atoms with E-state index in [2.05, 4.69) is 24.4 Å². The minimum atomic E-state index is -0.0111. The normalized spacial score (nSPS) is 16.4.